The van der Waals surface area contributed by atoms with Gasteiger partial charge in [-0.15, -0.1) is 0 Å². The van der Waals surface area contributed by atoms with E-state index in [0.717, 1.165) is 11.1 Å². The molecule has 3 aromatic carbocycles. The predicted molar refractivity (Wildman–Crippen MR) is 154 cm³/mol. The molecule has 4 heterocycles. The predicted octanol–water partition coefficient (Wildman–Crippen LogP) is 4.35. The van der Waals surface area contributed by atoms with Gasteiger partial charge in [0.2, 0.25) is 6.23 Å². The third-order valence-corrected chi connectivity index (χ3v) is 8.55. The summed E-state index contributed by atoms with van der Waals surface area (Å²) >= 11 is 0. The number of nitrogens with two attached hydrogens (primary N) is 2. The number of aliphatic hydroxyl groups excluding tert-OH is 1. The normalized spacial score (nSPS) is 22.3. The smallest absolute Gasteiger partial charge is 0.268 e. The molecule has 0 spiro atoms. The van der Waals surface area contributed by atoms with Crippen LogP contribution in [0.5, 0.6) is 11.5 Å². The van der Waals surface area contributed by atoms with Gasteiger partial charge in [0, 0.05) is 11.5 Å². The molecule has 40 heavy (non-hydrogen) atoms. The number of hydrogen-bond acceptors (Lipinski definition) is 6. The molecule has 0 saturated carbocycles. The number of aliphatic hydroxyl groups is 1. The van der Waals surface area contributed by atoms with E-state index in [0.29, 0.717) is 23.3 Å². The second-order valence-corrected chi connectivity index (χ2v) is 11.7. The number of ether oxygens (including phenoxy) is 1. The van der Waals surface area contributed by atoms with Crippen molar-refractivity contribution in [3.63, 3.8) is 0 Å². The molecular weight excluding hydrogens is 530 g/mol. The Morgan fingerprint density at radius 2 is 1.65 bits per heavy atom. The highest BCUT2D eigenvalue weighted by Gasteiger charge is 2.34. The molecule has 5 atom stereocenters. The number of nitrogens with zero attached hydrogens (tertiary/aromatic N) is 1. The first kappa shape index (κ1) is 29.1. The van der Waals surface area contributed by atoms with Crippen molar-refractivity contribution >= 4 is 16.1 Å². The Kier molecular flexibility index (Phi) is 9.14. The number of allylic oxidation sites excluding steroid dienone is 1. The van der Waals surface area contributed by atoms with E-state index in [1.807, 2.05) is 43.3 Å². The minimum atomic E-state index is -4.48. The van der Waals surface area contributed by atoms with Crippen LogP contribution in [0.1, 0.15) is 60.3 Å². The monoisotopic (exact) mass is 565 g/mol. The van der Waals surface area contributed by atoms with Crippen LogP contribution in [0.25, 0.3) is 0 Å². The van der Waals surface area contributed by atoms with E-state index in [-0.39, 0.29) is 30.5 Å². The molecular formula is C30H35N3O6S. The largest absolute Gasteiger partial charge is 0.508 e. The Morgan fingerprint density at radius 3 is 2.23 bits per heavy atom. The van der Waals surface area contributed by atoms with Crippen molar-refractivity contribution in [1.82, 2.24) is 0 Å². The van der Waals surface area contributed by atoms with Gasteiger partial charge < -0.3 is 26.4 Å². The lowest BCUT2D eigenvalue weighted by molar-refractivity contribution is 0.216. The first-order valence-electron chi connectivity index (χ1n) is 13.1. The van der Waals surface area contributed by atoms with Crippen molar-refractivity contribution in [2.75, 3.05) is 0 Å². The summed E-state index contributed by atoms with van der Waals surface area (Å²) < 4.78 is 42.2. The maximum atomic E-state index is 12.8. The molecule has 0 amide bonds. The van der Waals surface area contributed by atoms with Gasteiger partial charge in [-0.25, -0.2) is 4.99 Å². The highest BCUT2D eigenvalue weighted by atomic mass is 32.2. The molecule has 10 heteroatoms. The summed E-state index contributed by atoms with van der Waals surface area (Å²) in [5.41, 5.74) is 14.3. The topological polar surface area (TPSA) is 168 Å². The van der Waals surface area contributed by atoms with Crippen LogP contribution in [-0.2, 0) is 16.5 Å². The average Bonchev–Trinajstić information content (AvgIpc) is 2.92. The van der Waals surface area contributed by atoms with E-state index in [1.54, 1.807) is 30.3 Å². The summed E-state index contributed by atoms with van der Waals surface area (Å²) in [5, 5.41) is 19.2. The molecule has 4 aliphatic heterocycles. The highest BCUT2D eigenvalue weighted by Crippen LogP contribution is 2.35. The van der Waals surface area contributed by atoms with E-state index in [1.165, 1.54) is 18.2 Å². The maximum absolute atomic E-state index is 12.8. The van der Waals surface area contributed by atoms with E-state index in [4.69, 9.17) is 16.2 Å². The molecule has 7 rings (SSSR count). The average molecular weight is 566 g/mol. The zero-order valence-electron chi connectivity index (χ0n) is 22.2. The minimum absolute atomic E-state index is 0.0720. The van der Waals surface area contributed by atoms with Gasteiger partial charge in [-0.1, -0.05) is 67.6 Å². The van der Waals surface area contributed by atoms with Gasteiger partial charge in [0.25, 0.3) is 10.1 Å². The lowest BCUT2D eigenvalue weighted by atomic mass is 9.85. The quantitative estimate of drug-likeness (QED) is 0.127. The standard InChI is InChI=1S/C30H35N3O6S/c1-2-20-18-28(40(36,37)38)24(11-16-27(35)22-7-12-25(34)13-8-22)17-19-3-5-23(6-4-19)29(33-30(31)32)39-26-14-9-21(20)10-15-26/h3-16,20,24,27-29,34-35H,2,17-18H2,1H3,(H4,31,32,33)(H,36,37,38)/b16-11+/t20-,24+,27-,28-,29+/m1/s1. The summed E-state index contributed by atoms with van der Waals surface area (Å²) in [7, 11) is -4.48. The van der Waals surface area contributed by atoms with Crippen molar-refractivity contribution < 1.29 is 27.9 Å². The molecule has 0 fully saturated rings. The zero-order chi connectivity index (χ0) is 28.9. The van der Waals surface area contributed by atoms with Crippen LogP contribution in [0.15, 0.2) is 89.9 Å². The Morgan fingerprint density at radius 1 is 1.02 bits per heavy atom. The number of rotatable bonds is 6. The summed E-state index contributed by atoms with van der Waals surface area (Å²) in [4.78, 5) is 4.23. The van der Waals surface area contributed by atoms with Crippen LogP contribution < -0.4 is 16.2 Å². The Hall–Kier alpha value is -3.86. The molecule has 0 aromatic heterocycles. The zero-order valence-corrected chi connectivity index (χ0v) is 23.0. The van der Waals surface area contributed by atoms with Crippen LogP contribution in [-0.4, -0.2) is 34.4 Å². The number of phenols is 1. The van der Waals surface area contributed by atoms with Gasteiger partial charge in [-0.3, -0.25) is 4.55 Å². The van der Waals surface area contributed by atoms with Crippen molar-refractivity contribution in [1.29, 1.82) is 0 Å². The molecule has 212 valence electrons. The minimum Gasteiger partial charge on any atom is -0.508 e. The van der Waals surface area contributed by atoms with E-state index in [2.05, 4.69) is 4.99 Å². The second-order valence-electron chi connectivity index (χ2n) is 10.0. The number of phenolic OH excluding ortho intramolecular Hbond substituents is 1. The van der Waals surface area contributed by atoms with E-state index >= 15 is 0 Å². The Bertz CT molecular complexity index is 1430. The van der Waals surface area contributed by atoms with Gasteiger partial charge in [0.1, 0.15) is 11.5 Å². The van der Waals surface area contributed by atoms with E-state index < -0.39 is 33.6 Å². The second kappa shape index (κ2) is 12.5. The summed E-state index contributed by atoms with van der Waals surface area (Å²) in [6.45, 7) is 1.97. The fourth-order valence-corrected chi connectivity index (χ4v) is 6.14. The van der Waals surface area contributed by atoms with Crippen molar-refractivity contribution in [3.8, 4) is 11.5 Å². The lowest BCUT2D eigenvalue weighted by Gasteiger charge is -2.27. The molecule has 0 radical (unpaired) electrons. The molecule has 9 nitrogen and oxygen atoms in total. The fraction of sp³-hybridized carbons (Fsp3) is 0.300. The van der Waals surface area contributed by atoms with Crippen molar-refractivity contribution in [3.05, 3.63) is 107 Å². The Labute approximate surface area is 234 Å². The van der Waals surface area contributed by atoms with Crippen LogP contribution in [0.2, 0.25) is 0 Å². The molecule has 4 aliphatic rings. The van der Waals surface area contributed by atoms with Gasteiger partial charge in [-0.2, -0.15) is 8.42 Å². The first-order chi connectivity index (χ1) is 19.0. The molecule has 0 unspecified atom stereocenters. The van der Waals surface area contributed by atoms with Crippen LogP contribution in [0, 0.1) is 5.92 Å². The molecule has 0 saturated heterocycles. The van der Waals surface area contributed by atoms with Crippen molar-refractivity contribution in [2.24, 2.45) is 22.4 Å². The third kappa shape index (κ3) is 7.41. The van der Waals surface area contributed by atoms with Gasteiger partial charge in [-0.05, 0) is 66.1 Å². The van der Waals surface area contributed by atoms with Crippen LogP contribution in [0.3, 0.4) is 0 Å². The summed E-state index contributed by atoms with van der Waals surface area (Å²) in [6, 6.07) is 20.7. The van der Waals surface area contributed by atoms with Gasteiger partial charge in [0.05, 0.1) is 11.4 Å². The lowest BCUT2D eigenvalue weighted by Crippen LogP contribution is -2.32. The third-order valence-electron chi connectivity index (χ3n) is 7.25. The van der Waals surface area contributed by atoms with E-state index in [9.17, 15) is 23.2 Å². The highest BCUT2D eigenvalue weighted by molar-refractivity contribution is 7.86. The SMILES string of the molecule is CC[C@@H]1C[C@@H](S(=O)(=O)O)[C@@H](/C=C/[C@@H](O)c2ccc(O)cc2)Cc2ccc(cc2)[C@@H](N=C(N)N)Oc2ccc1cc2. The molecule has 7 N–H and O–H groups in total. The molecule has 4 bridgehead atoms. The number of guanidine groups is 1. The van der Waals surface area contributed by atoms with Gasteiger partial charge >= 0.3 is 0 Å². The number of aromatic hydroxyl groups is 1. The number of aliphatic imine (C=N–C) groups is 1. The molecule has 0 aliphatic carbocycles. The first-order valence-corrected chi connectivity index (χ1v) is 14.6. The fourth-order valence-electron chi connectivity index (χ4n) is 5.03. The summed E-state index contributed by atoms with van der Waals surface area (Å²) in [6.07, 6.45) is 2.47. The number of hydrogen-bond donors (Lipinski definition) is 5. The van der Waals surface area contributed by atoms with Gasteiger partial charge in [0.15, 0.2) is 5.96 Å². The number of benzene rings is 3. The van der Waals surface area contributed by atoms with Crippen LogP contribution >= 0.6 is 0 Å². The van der Waals surface area contributed by atoms with Crippen molar-refractivity contribution in [2.45, 2.75) is 49.7 Å². The van der Waals surface area contributed by atoms with Crippen LogP contribution in [0.4, 0.5) is 0 Å². The summed E-state index contributed by atoms with van der Waals surface area (Å²) in [5.74, 6) is -0.330. The Balaban J connectivity index is 1.79. The molecule has 3 aromatic rings. The maximum Gasteiger partial charge on any atom is 0.268 e.